The minimum Gasteiger partial charge on any atom is -0.398 e. The molecule has 1 atom stereocenters. The number of anilines is 2. The van der Waals surface area contributed by atoms with E-state index >= 15 is 0 Å². The van der Waals surface area contributed by atoms with Gasteiger partial charge in [0.1, 0.15) is 0 Å². The van der Waals surface area contributed by atoms with E-state index in [0.29, 0.717) is 6.42 Å². The summed E-state index contributed by atoms with van der Waals surface area (Å²) in [4.78, 5) is 0. The Bertz CT molecular complexity index is 586. The number of benzene rings is 1. The van der Waals surface area contributed by atoms with Crippen molar-refractivity contribution in [1.82, 2.24) is 0 Å². The highest BCUT2D eigenvalue weighted by Crippen LogP contribution is 2.33. The van der Waals surface area contributed by atoms with Gasteiger partial charge in [0.25, 0.3) is 0 Å². The first kappa shape index (κ1) is 13.7. The number of hydrogen-bond acceptors (Lipinski definition) is 4. The van der Waals surface area contributed by atoms with Gasteiger partial charge in [-0.3, -0.25) is 0 Å². The molecule has 0 aromatic heterocycles. The van der Waals surface area contributed by atoms with Gasteiger partial charge in [0.2, 0.25) is 0 Å². The standard InChI is InChI=1S/C12H17BrN2O2S/c1-8-5-11(9(13)6-10(8)14)15-12(2)3-4-18(16,17)7-12/h5-6,15H,3-4,7,14H2,1-2H3. The highest BCUT2D eigenvalue weighted by Gasteiger charge is 2.38. The first-order chi connectivity index (χ1) is 8.21. The maximum absolute atomic E-state index is 11.6. The molecule has 100 valence electrons. The molecule has 0 spiro atoms. The lowest BCUT2D eigenvalue weighted by Crippen LogP contribution is -2.36. The topological polar surface area (TPSA) is 72.2 Å². The van der Waals surface area contributed by atoms with Crippen LogP contribution in [0.5, 0.6) is 0 Å². The van der Waals surface area contributed by atoms with Crippen molar-refractivity contribution in [1.29, 1.82) is 0 Å². The van der Waals surface area contributed by atoms with Gasteiger partial charge in [0.05, 0.1) is 11.5 Å². The van der Waals surface area contributed by atoms with Gasteiger partial charge in [-0.15, -0.1) is 0 Å². The second-order valence-corrected chi connectivity index (χ2v) is 8.25. The third-order valence-corrected chi connectivity index (χ3v) is 5.85. The molecule has 4 nitrogen and oxygen atoms in total. The van der Waals surface area contributed by atoms with Crippen LogP contribution in [-0.4, -0.2) is 25.5 Å². The Balaban J connectivity index is 2.28. The molecule has 6 heteroatoms. The smallest absolute Gasteiger partial charge is 0.152 e. The fourth-order valence-corrected chi connectivity index (χ4v) is 4.78. The molecule has 1 aromatic carbocycles. The Morgan fingerprint density at radius 2 is 2.11 bits per heavy atom. The van der Waals surface area contributed by atoms with Crippen LogP contribution in [0.3, 0.4) is 0 Å². The number of nitrogens with two attached hydrogens (primary N) is 1. The summed E-state index contributed by atoms with van der Waals surface area (Å²) in [6.45, 7) is 3.87. The average molecular weight is 333 g/mol. The van der Waals surface area contributed by atoms with Gasteiger partial charge in [-0.2, -0.15) is 0 Å². The summed E-state index contributed by atoms with van der Waals surface area (Å²) >= 11 is 3.45. The molecule has 1 fully saturated rings. The van der Waals surface area contributed by atoms with Gasteiger partial charge in [0.15, 0.2) is 9.84 Å². The van der Waals surface area contributed by atoms with E-state index in [1.165, 1.54) is 0 Å². The fraction of sp³-hybridized carbons (Fsp3) is 0.500. The van der Waals surface area contributed by atoms with E-state index in [2.05, 4.69) is 21.2 Å². The SMILES string of the molecule is Cc1cc(NC2(C)CCS(=O)(=O)C2)c(Br)cc1N. The van der Waals surface area contributed by atoms with Crippen LogP contribution in [0.25, 0.3) is 0 Å². The van der Waals surface area contributed by atoms with Crippen molar-refractivity contribution in [2.75, 3.05) is 22.6 Å². The van der Waals surface area contributed by atoms with Crippen LogP contribution in [0.4, 0.5) is 11.4 Å². The molecule has 0 aliphatic carbocycles. The Morgan fingerprint density at radius 1 is 1.44 bits per heavy atom. The van der Waals surface area contributed by atoms with Crippen LogP contribution in [0.15, 0.2) is 16.6 Å². The number of aryl methyl sites for hydroxylation is 1. The molecule has 0 bridgehead atoms. The van der Waals surface area contributed by atoms with Crippen LogP contribution in [0.1, 0.15) is 18.9 Å². The van der Waals surface area contributed by atoms with E-state index in [1.54, 1.807) is 0 Å². The Morgan fingerprint density at radius 3 is 2.67 bits per heavy atom. The number of rotatable bonds is 2. The lowest BCUT2D eigenvalue weighted by Gasteiger charge is -2.26. The van der Waals surface area contributed by atoms with E-state index in [-0.39, 0.29) is 11.5 Å². The van der Waals surface area contributed by atoms with Gasteiger partial charge in [-0.1, -0.05) is 0 Å². The maximum atomic E-state index is 11.6. The monoisotopic (exact) mass is 332 g/mol. The summed E-state index contributed by atoms with van der Waals surface area (Å²) in [5, 5.41) is 3.33. The molecule has 3 N–H and O–H groups in total. The molecule has 2 rings (SSSR count). The number of halogens is 1. The number of nitrogen functional groups attached to an aromatic ring is 1. The molecule has 18 heavy (non-hydrogen) atoms. The third kappa shape index (κ3) is 2.80. The van der Waals surface area contributed by atoms with E-state index in [0.717, 1.165) is 21.4 Å². The first-order valence-corrected chi connectivity index (χ1v) is 8.36. The number of sulfone groups is 1. The second kappa shape index (κ2) is 4.42. The van der Waals surface area contributed by atoms with Crippen LogP contribution in [0, 0.1) is 6.92 Å². The van der Waals surface area contributed by atoms with Gasteiger partial charge in [-0.25, -0.2) is 8.42 Å². The molecule has 1 unspecified atom stereocenters. The van der Waals surface area contributed by atoms with Crippen LogP contribution in [0.2, 0.25) is 0 Å². The molecule has 1 saturated heterocycles. The molecule has 0 radical (unpaired) electrons. The lowest BCUT2D eigenvalue weighted by molar-refractivity contribution is 0.574. The highest BCUT2D eigenvalue weighted by atomic mass is 79.9. The summed E-state index contributed by atoms with van der Waals surface area (Å²) in [7, 11) is -2.91. The van der Waals surface area contributed by atoms with E-state index in [4.69, 9.17) is 5.73 Å². The van der Waals surface area contributed by atoms with Gasteiger partial charge in [0, 0.05) is 21.4 Å². The van der Waals surface area contributed by atoms with Crippen LogP contribution < -0.4 is 11.1 Å². The predicted molar refractivity (Wildman–Crippen MR) is 78.6 cm³/mol. The zero-order valence-electron chi connectivity index (χ0n) is 10.5. The van der Waals surface area contributed by atoms with Crippen LogP contribution >= 0.6 is 15.9 Å². The van der Waals surface area contributed by atoms with E-state index in [9.17, 15) is 8.42 Å². The molecule has 1 aliphatic rings. The zero-order chi connectivity index (χ0) is 13.6. The van der Waals surface area contributed by atoms with Gasteiger partial charge >= 0.3 is 0 Å². The minimum absolute atomic E-state index is 0.176. The summed E-state index contributed by atoms with van der Waals surface area (Å²) in [5.41, 5.74) is 8.01. The summed E-state index contributed by atoms with van der Waals surface area (Å²) in [6.07, 6.45) is 0.630. The molecular formula is C12H17BrN2O2S. The van der Waals surface area contributed by atoms with Crippen molar-refractivity contribution >= 4 is 37.1 Å². The molecule has 0 amide bonds. The quantitative estimate of drug-likeness (QED) is 0.815. The van der Waals surface area contributed by atoms with Gasteiger partial charge < -0.3 is 11.1 Å². The highest BCUT2D eigenvalue weighted by molar-refractivity contribution is 9.10. The lowest BCUT2D eigenvalue weighted by atomic mass is 10.0. The average Bonchev–Trinajstić information content (AvgIpc) is 2.50. The number of hydrogen-bond donors (Lipinski definition) is 2. The maximum Gasteiger partial charge on any atom is 0.152 e. The van der Waals surface area contributed by atoms with Crippen molar-refractivity contribution in [3.05, 3.63) is 22.2 Å². The Labute approximate surface area is 116 Å². The summed E-state index contributed by atoms with van der Waals surface area (Å²) in [6, 6.07) is 3.78. The second-order valence-electron chi connectivity index (χ2n) is 5.22. The molecule has 1 heterocycles. The van der Waals surface area contributed by atoms with E-state index in [1.807, 2.05) is 26.0 Å². The minimum atomic E-state index is -2.91. The zero-order valence-corrected chi connectivity index (χ0v) is 12.9. The molecule has 0 saturated carbocycles. The Hall–Kier alpha value is -0.750. The predicted octanol–water partition coefficient (Wildman–Crippen LogP) is 2.33. The van der Waals surface area contributed by atoms with Crippen LogP contribution in [-0.2, 0) is 9.84 Å². The van der Waals surface area contributed by atoms with Crippen molar-refractivity contribution in [3.8, 4) is 0 Å². The molecular weight excluding hydrogens is 316 g/mol. The fourth-order valence-electron chi connectivity index (χ4n) is 2.23. The van der Waals surface area contributed by atoms with E-state index < -0.39 is 15.4 Å². The summed E-state index contributed by atoms with van der Waals surface area (Å²) in [5.74, 6) is 0.429. The largest absolute Gasteiger partial charge is 0.398 e. The van der Waals surface area contributed by atoms with Crippen molar-refractivity contribution < 1.29 is 8.42 Å². The normalized spacial score (nSPS) is 26.2. The van der Waals surface area contributed by atoms with Crippen molar-refractivity contribution in [2.24, 2.45) is 0 Å². The molecule has 1 aromatic rings. The number of nitrogens with one attached hydrogen (secondary N) is 1. The third-order valence-electron chi connectivity index (χ3n) is 3.30. The Kier molecular flexibility index (Phi) is 3.36. The molecule has 1 aliphatic heterocycles. The first-order valence-electron chi connectivity index (χ1n) is 5.75. The van der Waals surface area contributed by atoms with Gasteiger partial charge in [-0.05, 0) is 53.9 Å². The summed E-state index contributed by atoms with van der Waals surface area (Å²) < 4.78 is 24.0. The van der Waals surface area contributed by atoms with Crippen molar-refractivity contribution in [2.45, 2.75) is 25.8 Å². The van der Waals surface area contributed by atoms with Crippen molar-refractivity contribution in [3.63, 3.8) is 0 Å².